The second-order valence-corrected chi connectivity index (χ2v) is 9.77. The molecule has 1 unspecified atom stereocenters. The number of hydrogen-bond acceptors (Lipinski definition) is 4. The molecule has 0 aliphatic heterocycles. The van der Waals surface area contributed by atoms with Gasteiger partial charge >= 0.3 is 6.03 Å². The fraction of sp³-hybridized carbons (Fsp3) is 0.571. The molecule has 6 rings (SSSR count). The Morgan fingerprint density at radius 1 is 1.19 bits per heavy atom. The molecule has 2 amide bonds. The molecule has 0 radical (unpaired) electrons. The lowest BCUT2D eigenvalue weighted by atomic mass is 9.53. The van der Waals surface area contributed by atoms with Gasteiger partial charge in [0.15, 0.2) is 5.60 Å². The molecule has 5 nitrogen and oxygen atoms in total. The van der Waals surface area contributed by atoms with Gasteiger partial charge in [-0.1, -0.05) is 6.07 Å². The number of furan rings is 1. The van der Waals surface area contributed by atoms with Crippen molar-refractivity contribution in [3.05, 3.63) is 46.5 Å². The summed E-state index contributed by atoms with van der Waals surface area (Å²) in [5.74, 6) is 2.79. The highest BCUT2D eigenvalue weighted by Gasteiger charge is 2.51. The van der Waals surface area contributed by atoms with E-state index < -0.39 is 5.60 Å². The molecule has 6 heteroatoms. The maximum absolute atomic E-state index is 12.8. The first-order valence-corrected chi connectivity index (χ1v) is 10.8. The standard InChI is InChI=1S/C21H26N2O3S/c24-19(23-20-10-14-7-15(11-20)9-16(8-14)12-20)22-13-21(25,17-3-1-5-26-17)18-4-2-6-27-18/h1-6,14-16,25H,7-13H2,(H2,22,23,24). The summed E-state index contributed by atoms with van der Waals surface area (Å²) in [6, 6.07) is 7.08. The smallest absolute Gasteiger partial charge is 0.315 e. The van der Waals surface area contributed by atoms with Gasteiger partial charge in [-0.15, -0.1) is 11.3 Å². The van der Waals surface area contributed by atoms with Crippen molar-refractivity contribution in [1.29, 1.82) is 0 Å². The van der Waals surface area contributed by atoms with Crippen LogP contribution in [0, 0.1) is 17.8 Å². The van der Waals surface area contributed by atoms with Gasteiger partial charge in [0.1, 0.15) is 5.76 Å². The predicted molar refractivity (Wildman–Crippen MR) is 103 cm³/mol. The van der Waals surface area contributed by atoms with Crippen molar-refractivity contribution in [2.75, 3.05) is 6.54 Å². The lowest BCUT2D eigenvalue weighted by molar-refractivity contribution is -0.0140. The van der Waals surface area contributed by atoms with Crippen molar-refractivity contribution in [2.24, 2.45) is 17.8 Å². The Hall–Kier alpha value is -1.79. The van der Waals surface area contributed by atoms with Crippen LogP contribution in [-0.2, 0) is 5.60 Å². The zero-order valence-corrected chi connectivity index (χ0v) is 16.1. The van der Waals surface area contributed by atoms with Crippen molar-refractivity contribution in [2.45, 2.75) is 49.7 Å². The van der Waals surface area contributed by atoms with Crippen molar-refractivity contribution in [1.82, 2.24) is 10.6 Å². The Morgan fingerprint density at radius 2 is 1.89 bits per heavy atom. The Labute approximate surface area is 163 Å². The third kappa shape index (κ3) is 3.09. The van der Waals surface area contributed by atoms with E-state index in [2.05, 4.69) is 10.6 Å². The Morgan fingerprint density at radius 3 is 2.44 bits per heavy atom. The number of urea groups is 1. The summed E-state index contributed by atoms with van der Waals surface area (Å²) in [7, 11) is 0. The average Bonchev–Trinajstić information content (AvgIpc) is 3.32. The molecule has 3 N–H and O–H groups in total. The maximum atomic E-state index is 12.8. The number of hydrogen-bond donors (Lipinski definition) is 3. The number of carbonyl (C=O) groups excluding carboxylic acids is 1. The number of thiophene rings is 1. The molecule has 4 saturated carbocycles. The highest BCUT2D eigenvalue weighted by atomic mass is 32.1. The maximum Gasteiger partial charge on any atom is 0.315 e. The first kappa shape index (κ1) is 17.3. The van der Waals surface area contributed by atoms with E-state index in [1.165, 1.54) is 30.6 Å². The molecule has 4 bridgehead atoms. The quantitative estimate of drug-likeness (QED) is 0.731. The van der Waals surface area contributed by atoms with Crippen LogP contribution in [0.5, 0.6) is 0 Å². The highest BCUT2D eigenvalue weighted by molar-refractivity contribution is 7.10. The first-order valence-electron chi connectivity index (χ1n) is 9.91. The minimum atomic E-state index is -1.35. The normalized spacial score (nSPS) is 33.6. The molecule has 0 aromatic carbocycles. The Balaban J connectivity index is 1.28. The molecule has 0 spiro atoms. The minimum absolute atomic E-state index is 0.0371. The van der Waals surface area contributed by atoms with Crippen LogP contribution in [-0.4, -0.2) is 23.2 Å². The van der Waals surface area contributed by atoms with Gasteiger partial charge in [0, 0.05) is 10.4 Å². The topological polar surface area (TPSA) is 74.5 Å². The SMILES string of the molecule is O=C(NCC(O)(c1ccco1)c1cccs1)NC12CC3CC(CC(C3)C1)C2. The summed E-state index contributed by atoms with van der Waals surface area (Å²) < 4.78 is 5.47. The van der Waals surface area contributed by atoms with Crippen LogP contribution in [0.4, 0.5) is 4.79 Å². The molecule has 4 aliphatic carbocycles. The summed E-state index contributed by atoms with van der Waals surface area (Å²) in [4.78, 5) is 13.5. The van der Waals surface area contributed by atoms with E-state index in [-0.39, 0.29) is 18.1 Å². The zero-order valence-electron chi connectivity index (χ0n) is 15.3. The van der Waals surface area contributed by atoms with Crippen LogP contribution in [0.3, 0.4) is 0 Å². The summed E-state index contributed by atoms with van der Waals surface area (Å²) in [6.07, 6.45) is 8.92. The molecule has 0 saturated heterocycles. The number of nitrogens with one attached hydrogen (secondary N) is 2. The molecular formula is C21H26N2O3S. The molecule has 4 aliphatic rings. The molecule has 1 atom stereocenters. The largest absolute Gasteiger partial charge is 0.466 e. The van der Waals surface area contributed by atoms with E-state index in [9.17, 15) is 9.90 Å². The van der Waals surface area contributed by atoms with Crippen LogP contribution < -0.4 is 10.6 Å². The van der Waals surface area contributed by atoms with Crippen LogP contribution in [0.15, 0.2) is 40.3 Å². The third-order valence-corrected chi connectivity index (χ3v) is 7.80. The van der Waals surface area contributed by atoms with E-state index in [4.69, 9.17) is 4.42 Å². The minimum Gasteiger partial charge on any atom is -0.466 e. The summed E-state index contributed by atoms with van der Waals surface area (Å²) in [5.41, 5.74) is -1.39. The molecule has 144 valence electrons. The number of rotatable bonds is 5. The lowest BCUT2D eigenvalue weighted by Crippen LogP contribution is -2.62. The van der Waals surface area contributed by atoms with Crippen molar-refractivity contribution < 1.29 is 14.3 Å². The molecule has 2 aromatic rings. The van der Waals surface area contributed by atoms with Crippen molar-refractivity contribution in [3.8, 4) is 0 Å². The zero-order chi connectivity index (χ0) is 18.5. The summed E-state index contributed by atoms with van der Waals surface area (Å²) in [5, 5.41) is 19.4. The highest BCUT2D eigenvalue weighted by Crippen LogP contribution is 2.55. The van der Waals surface area contributed by atoms with Gasteiger partial charge in [-0.2, -0.15) is 0 Å². The second kappa shape index (κ2) is 6.38. The van der Waals surface area contributed by atoms with E-state index >= 15 is 0 Å². The van der Waals surface area contributed by atoms with Gasteiger partial charge in [-0.05, 0) is 79.9 Å². The van der Waals surface area contributed by atoms with Gasteiger partial charge in [-0.25, -0.2) is 4.79 Å². The molecule has 2 aromatic heterocycles. The number of carbonyl (C=O) groups is 1. The monoisotopic (exact) mass is 386 g/mol. The van der Waals surface area contributed by atoms with Crippen LogP contribution >= 0.6 is 11.3 Å². The van der Waals surface area contributed by atoms with Crippen LogP contribution in [0.1, 0.15) is 49.2 Å². The predicted octanol–water partition coefficient (Wildman–Crippen LogP) is 3.85. The second-order valence-electron chi connectivity index (χ2n) is 8.82. The van der Waals surface area contributed by atoms with Crippen molar-refractivity contribution >= 4 is 17.4 Å². The van der Waals surface area contributed by atoms with E-state index in [0.717, 1.165) is 41.9 Å². The van der Waals surface area contributed by atoms with E-state index in [0.29, 0.717) is 5.76 Å². The van der Waals surface area contributed by atoms with Gasteiger partial charge in [0.05, 0.1) is 12.8 Å². The Bertz CT molecular complexity index is 730. The van der Waals surface area contributed by atoms with Gasteiger partial charge in [0.2, 0.25) is 0 Å². The van der Waals surface area contributed by atoms with E-state index in [1.54, 1.807) is 18.4 Å². The van der Waals surface area contributed by atoms with Gasteiger partial charge < -0.3 is 20.2 Å². The first-order chi connectivity index (χ1) is 13.0. The van der Waals surface area contributed by atoms with Crippen LogP contribution in [0.25, 0.3) is 0 Å². The van der Waals surface area contributed by atoms with E-state index in [1.807, 2.05) is 17.5 Å². The van der Waals surface area contributed by atoms with Gasteiger partial charge in [-0.3, -0.25) is 0 Å². The molecule has 27 heavy (non-hydrogen) atoms. The molecule has 4 fully saturated rings. The number of aliphatic hydroxyl groups is 1. The Kier molecular flexibility index (Phi) is 4.09. The summed E-state index contributed by atoms with van der Waals surface area (Å²) in [6.45, 7) is 0.0826. The fourth-order valence-electron chi connectivity index (χ4n) is 6.08. The third-order valence-electron chi connectivity index (χ3n) is 6.78. The molecular weight excluding hydrogens is 360 g/mol. The lowest BCUT2D eigenvalue weighted by Gasteiger charge is -2.56. The van der Waals surface area contributed by atoms with Crippen molar-refractivity contribution in [3.63, 3.8) is 0 Å². The fourth-order valence-corrected chi connectivity index (χ4v) is 6.91. The van der Waals surface area contributed by atoms with Crippen LogP contribution in [0.2, 0.25) is 0 Å². The molecule has 2 heterocycles. The average molecular weight is 387 g/mol. The van der Waals surface area contributed by atoms with Gasteiger partial charge in [0.25, 0.3) is 0 Å². The summed E-state index contributed by atoms with van der Waals surface area (Å²) >= 11 is 1.45. The number of amides is 2.